The van der Waals surface area contributed by atoms with Crippen LogP contribution in [0.25, 0.3) is 16.8 Å². The SMILES string of the molecule is CC(Sc1cccc(NC(=O)/C(=C\c2cccc3ccccc23)NC(=O)c2ccccc2)c1)C(=O)Nc1ccc(O)c(C(=O)O)c1. The van der Waals surface area contributed by atoms with Gasteiger partial charge in [0.1, 0.15) is 17.0 Å². The first-order valence-corrected chi connectivity index (χ1v) is 15.1. The van der Waals surface area contributed by atoms with Gasteiger partial charge in [-0.05, 0) is 77.9 Å². The van der Waals surface area contributed by atoms with Gasteiger partial charge in [0.25, 0.3) is 11.8 Å². The van der Waals surface area contributed by atoms with Crippen molar-refractivity contribution in [3.8, 4) is 5.75 Å². The van der Waals surface area contributed by atoms with E-state index in [1.54, 1.807) is 67.6 Å². The monoisotopic (exact) mass is 631 g/mol. The third-order valence-corrected chi connectivity index (χ3v) is 8.01. The topological polar surface area (TPSA) is 145 Å². The molecule has 0 fully saturated rings. The van der Waals surface area contributed by atoms with E-state index in [4.69, 9.17) is 0 Å². The minimum Gasteiger partial charge on any atom is -0.507 e. The smallest absolute Gasteiger partial charge is 0.339 e. The van der Waals surface area contributed by atoms with Gasteiger partial charge >= 0.3 is 5.97 Å². The summed E-state index contributed by atoms with van der Waals surface area (Å²) in [6, 6.07) is 32.8. The molecule has 0 saturated heterocycles. The van der Waals surface area contributed by atoms with Gasteiger partial charge in [0.15, 0.2) is 0 Å². The van der Waals surface area contributed by atoms with Gasteiger partial charge in [-0.25, -0.2) is 4.79 Å². The van der Waals surface area contributed by atoms with Crippen molar-refractivity contribution in [2.45, 2.75) is 17.1 Å². The molecular weight excluding hydrogens is 602 g/mol. The van der Waals surface area contributed by atoms with Crippen LogP contribution in [0.3, 0.4) is 0 Å². The molecule has 46 heavy (non-hydrogen) atoms. The molecule has 5 N–H and O–H groups in total. The zero-order valence-corrected chi connectivity index (χ0v) is 25.4. The maximum absolute atomic E-state index is 13.6. The molecule has 9 nitrogen and oxygen atoms in total. The van der Waals surface area contributed by atoms with Crippen molar-refractivity contribution in [2.75, 3.05) is 10.6 Å². The second-order valence-corrected chi connectivity index (χ2v) is 11.6. The van der Waals surface area contributed by atoms with Crippen LogP contribution < -0.4 is 16.0 Å². The number of anilines is 2. The van der Waals surface area contributed by atoms with E-state index >= 15 is 0 Å². The molecule has 1 atom stereocenters. The molecule has 3 amide bonds. The average molecular weight is 632 g/mol. The standard InChI is InChI=1S/C36H29N3O6S/c1-22(33(41)37-27-17-18-32(40)30(21-27)36(44)45)46-28-15-8-14-26(20-28)38-35(43)31(39-34(42)24-10-3-2-4-11-24)19-25-13-7-12-23-9-5-6-16-29(23)25/h2-22,40H,1H3,(H,37,41)(H,38,43)(H,39,42)(H,44,45)/b31-19+. The number of benzene rings is 5. The van der Waals surface area contributed by atoms with E-state index < -0.39 is 28.8 Å². The van der Waals surface area contributed by atoms with Crippen molar-refractivity contribution in [1.82, 2.24) is 5.32 Å². The highest BCUT2D eigenvalue weighted by atomic mass is 32.2. The summed E-state index contributed by atoms with van der Waals surface area (Å²) in [6.45, 7) is 1.69. The fourth-order valence-electron chi connectivity index (χ4n) is 4.61. The third kappa shape index (κ3) is 7.79. The summed E-state index contributed by atoms with van der Waals surface area (Å²) in [5, 5.41) is 28.5. The summed E-state index contributed by atoms with van der Waals surface area (Å²) in [6.07, 6.45) is 1.64. The molecule has 0 saturated carbocycles. The highest BCUT2D eigenvalue weighted by molar-refractivity contribution is 8.00. The Labute approximate surface area is 269 Å². The Kier molecular flexibility index (Phi) is 9.79. The number of aromatic carboxylic acids is 1. The van der Waals surface area contributed by atoms with Gasteiger partial charge in [0.2, 0.25) is 5.91 Å². The van der Waals surface area contributed by atoms with Crippen LogP contribution in [0, 0.1) is 0 Å². The molecule has 0 aliphatic heterocycles. The van der Waals surface area contributed by atoms with Crippen molar-refractivity contribution >= 4 is 63.7 Å². The van der Waals surface area contributed by atoms with Crippen molar-refractivity contribution in [2.24, 2.45) is 0 Å². The fraction of sp³-hybridized carbons (Fsp3) is 0.0556. The van der Waals surface area contributed by atoms with Gasteiger partial charge < -0.3 is 26.2 Å². The number of aromatic hydroxyl groups is 1. The maximum Gasteiger partial charge on any atom is 0.339 e. The van der Waals surface area contributed by atoms with Gasteiger partial charge in [-0.2, -0.15) is 0 Å². The Morgan fingerprint density at radius 3 is 2.24 bits per heavy atom. The molecule has 230 valence electrons. The molecule has 0 heterocycles. The molecule has 5 aromatic rings. The second-order valence-electron chi connectivity index (χ2n) is 10.2. The lowest BCUT2D eigenvalue weighted by Crippen LogP contribution is -2.30. The number of nitrogens with one attached hydrogen (secondary N) is 3. The molecule has 0 radical (unpaired) electrons. The molecule has 0 aliphatic carbocycles. The molecule has 5 aromatic carbocycles. The average Bonchev–Trinajstić information content (AvgIpc) is 3.05. The molecule has 0 aromatic heterocycles. The summed E-state index contributed by atoms with van der Waals surface area (Å²) in [5.74, 6) is -3.07. The van der Waals surface area contributed by atoms with E-state index in [1.165, 1.54) is 30.0 Å². The van der Waals surface area contributed by atoms with Crippen LogP contribution in [-0.4, -0.2) is 39.2 Å². The Balaban J connectivity index is 1.34. The number of fused-ring (bicyclic) bond motifs is 1. The van der Waals surface area contributed by atoms with Crippen LogP contribution in [-0.2, 0) is 9.59 Å². The van der Waals surface area contributed by atoms with Crippen molar-refractivity contribution in [1.29, 1.82) is 0 Å². The highest BCUT2D eigenvalue weighted by Gasteiger charge is 2.19. The summed E-state index contributed by atoms with van der Waals surface area (Å²) in [5.41, 5.74) is 1.56. The highest BCUT2D eigenvalue weighted by Crippen LogP contribution is 2.28. The zero-order valence-electron chi connectivity index (χ0n) is 24.6. The maximum atomic E-state index is 13.6. The number of phenols is 1. The molecule has 1 unspecified atom stereocenters. The van der Waals surface area contributed by atoms with E-state index in [9.17, 15) is 29.4 Å². The summed E-state index contributed by atoms with van der Waals surface area (Å²) < 4.78 is 0. The molecule has 5 rings (SSSR count). The predicted molar refractivity (Wildman–Crippen MR) is 180 cm³/mol. The van der Waals surface area contributed by atoms with Crippen LogP contribution in [0.4, 0.5) is 11.4 Å². The van der Waals surface area contributed by atoms with E-state index in [1.807, 2.05) is 42.5 Å². The third-order valence-electron chi connectivity index (χ3n) is 6.92. The van der Waals surface area contributed by atoms with Gasteiger partial charge in [0, 0.05) is 21.8 Å². The Bertz CT molecular complexity index is 1970. The van der Waals surface area contributed by atoms with E-state index in [0.29, 0.717) is 16.1 Å². The Hall–Kier alpha value is -5.87. The Morgan fingerprint density at radius 1 is 0.761 bits per heavy atom. The first kappa shape index (κ1) is 31.6. The fourth-order valence-corrected chi connectivity index (χ4v) is 5.53. The van der Waals surface area contributed by atoms with Crippen LogP contribution in [0.15, 0.2) is 126 Å². The second kappa shape index (κ2) is 14.3. The first-order chi connectivity index (χ1) is 22.2. The van der Waals surface area contributed by atoms with Crippen LogP contribution >= 0.6 is 11.8 Å². The minimum absolute atomic E-state index is 0.0469. The normalized spacial score (nSPS) is 11.8. The van der Waals surface area contributed by atoms with Gasteiger partial charge in [-0.1, -0.05) is 66.7 Å². The number of hydrogen-bond acceptors (Lipinski definition) is 6. The van der Waals surface area contributed by atoms with E-state index in [-0.39, 0.29) is 22.9 Å². The quantitative estimate of drug-likeness (QED) is 0.0650. The summed E-state index contributed by atoms with van der Waals surface area (Å²) in [4.78, 5) is 51.6. The number of carbonyl (C=O) groups is 4. The summed E-state index contributed by atoms with van der Waals surface area (Å²) >= 11 is 1.23. The molecular formula is C36H29N3O6S. The predicted octanol–water partition coefficient (Wildman–Crippen LogP) is 6.77. The minimum atomic E-state index is -1.32. The lowest BCUT2D eigenvalue weighted by molar-refractivity contribution is -0.115. The number of rotatable bonds is 10. The molecule has 10 heteroatoms. The molecule has 0 spiro atoms. The van der Waals surface area contributed by atoms with Crippen molar-refractivity contribution in [3.63, 3.8) is 0 Å². The number of carbonyl (C=O) groups excluding carboxylic acids is 3. The van der Waals surface area contributed by atoms with Crippen LogP contribution in [0.5, 0.6) is 5.75 Å². The number of amides is 3. The Morgan fingerprint density at radius 2 is 1.46 bits per heavy atom. The van der Waals surface area contributed by atoms with Crippen molar-refractivity contribution in [3.05, 3.63) is 138 Å². The molecule has 0 aliphatic rings. The van der Waals surface area contributed by atoms with Gasteiger partial charge in [-0.15, -0.1) is 11.8 Å². The summed E-state index contributed by atoms with van der Waals surface area (Å²) in [7, 11) is 0. The van der Waals surface area contributed by atoms with E-state index in [2.05, 4.69) is 16.0 Å². The van der Waals surface area contributed by atoms with Gasteiger partial charge in [0.05, 0.1) is 5.25 Å². The molecule has 0 bridgehead atoms. The van der Waals surface area contributed by atoms with Gasteiger partial charge in [-0.3, -0.25) is 14.4 Å². The largest absolute Gasteiger partial charge is 0.507 e. The first-order valence-electron chi connectivity index (χ1n) is 14.2. The zero-order chi connectivity index (χ0) is 32.6. The number of carboxylic acid groups (broad SMARTS) is 1. The van der Waals surface area contributed by atoms with Crippen LogP contribution in [0.1, 0.15) is 33.2 Å². The van der Waals surface area contributed by atoms with Crippen LogP contribution in [0.2, 0.25) is 0 Å². The lowest BCUT2D eigenvalue weighted by atomic mass is 10.0. The number of thioether (sulfide) groups is 1. The number of carboxylic acids is 1. The number of hydrogen-bond donors (Lipinski definition) is 5. The lowest BCUT2D eigenvalue weighted by Gasteiger charge is -2.15. The van der Waals surface area contributed by atoms with Crippen molar-refractivity contribution < 1.29 is 29.4 Å². The van der Waals surface area contributed by atoms with E-state index in [0.717, 1.165) is 16.3 Å².